The molecule has 4 heteroatoms. The topological polar surface area (TPSA) is 49.8 Å². The summed E-state index contributed by atoms with van der Waals surface area (Å²) in [5, 5.41) is 11.0. The van der Waals surface area contributed by atoms with Crippen LogP contribution in [-0.2, 0) is 9.53 Å². The highest BCUT2D eigenvalue weighted by atomic mass is 16.5. The van der Waals surface area contributed by atoms with E-state index in [1.807, 2.05) is 0 Å². The van der Waals surface area contributed by atoms with Gasteiger partial charge in [0.1, 0.15) is 0 Å². The summed E-state index contributed by atoms with van der Waals surface area (Å²) in [4.78, 5) is 16.6. The number of hydrogen-bond acceptors (Lipinski definition) is 4. The molecule has 1 N–H and O–H groups in total. The SMILES string of the molecule is C=C(C)C1CCC2(C(=O)OCCCCN(CC)CC)CCC3(C)C(CCC4C5(C)CCC(O)C(C)(C)C5CCC43C)C12. The Morgan fingerprint density at radius 3 is 2.24 bits per heavy atom. The summed E-state index contributed by atoms with van der Waals surface area (Å²) in [6, 6.07) is 0. The molecule has 5 rings (SSSR count). The summed E-state index contributed by atoms with van der Waals surface area (Å²) >= 11 is 0. The second-order valence-corrected chi connectivity index (χ2v) is 17.1. The molecule has 0 aromatic heterocycles. The minimum atomic E-state index is -0.325. The number of allylic oxidation sites excluding steroid dienone is 1. The lowest BCUT2D eigenvalue weighted by molar-refractivity contribution is -0.248. The number of rotatable bonds is 9. The quantitative estimate of drug-likeness (QED) is 0.168. The Morgan fingerprint density at radius 1 is 0.857 bits per heavy atom. The second kappa shape index (κ2) is 11.5. The lowest BCUT2D eigenvalue weighted by Crippen LogP contribution is -2.67. The Balaban J connectivity index is 1.39. The maximum Gasteiger partial charge on any atom is 0.312 e. The lowest BCUT2D eigenvalue weighted by Gasteiger charge is -2.72. The molecule has 0 saturated heterocycles. The molecule has 5 aliphatic rings. The summed E-state index contributed by atoms with van der Waals surface area (Å²) in [6.45, 7) is 27.6. The fourth-order valence-corrected chi connectivity index (χ4v) is 12.8. The van der Waals surface area contributed by atoms with Gasteiger partial charge >= 0.3 is 5.97 Å². The van der Waals surface area contributed by atoms with E-state index in [0.29, 0.717) is 36.2 Å². The Labute approximate surface area is 258 Å². The van der Waals surface area contributed by atoms with Crippen LogP contribution in [-0.4, -0.2) is 48.3 Å². The maximum atomic E-state index is 14.2. The zero-order chi connectivity index (χ0) is 30.7. The van der Waals surface area contributed by atoms with E-state index >= 15 is 0 Å². The van der Waals surface area contributed by atoms with Gasteiger partial charge in [-0.15, -0.1) is 0 Å². The fourth-order valence-electron chi connectivity index (χ4n) is 12.8. The Morgan fingerprint density at radius 2 is 1.57 bits per heavy atom. The molecular weight excluding hydrogens is 518 g/mol. The smallest absolute Gasteiger partial charge is 0.312 e. The molecule has 10 unspecified atom stereocenters. The van der Waals surface area contributed by atoms with Crippen LogP contribution in [0.25, 0.3) is 0 Å². The van der Waals surface area contributed by atoms with Gasteiger partial charge in [-0.3, -0.25) is 4.79 Å². The average molecular weight is 584 g/mol. The molecule has 0 spiro atoms. The van der Waals surface area contributed by atoms with Crippen molar-refractivity contribution in [3.63, 3.8) is 0 Å². The number of nitrogens with zero attached hydrogens (tertiary/aromatic N) is 1. The Hall–Kier alpha value is -0.870. The number of fused-ring (bicyclic) bond motifs is 7. The number of hydrogen-bond donors (Lipinski definition) is 1. The molecule has 4 nitrogen and oxygen atoms in total. The van der Waals surface area contributed by atoms with Crippen LogP contribution in [0, 0.1) is 56.7 Å². The lowest BCUT2D eigenvalue weighted by atomic mass is 9.32. The summed E-state index contributed by atoms with van der Waals surface area (Å²) in [6.07, 6.45) is 13.2. The molecule has 42 heavy (non-hydrogen) atoms. The highest BCUT2D eigenvalue weighted by molar-refractivity contribution is 5.78. The molecule has 0 aliphatic heterocycles. The molecule has 10 atom stereocenters. The van der Waals surface area contributed by atoms with Gasteiger partial charge in [0, 0.05) is 0 Å². The zero-order valence-electron chi connectivity index (χ0n) is 28.7. The monoisotopic (exact) mass is 583 g/mol. The van der Waals surface area contributed by atoms with Crippen LogP contribution >= 0.6 is 0 Å². The summed E-state index contributed by atoms with van der Waals surface area (Å²) in [5.74, 6) is 2.74. The van der Waals surface area contributed by atoms with Crippen LogP contribution in [0.5, 0.6) is 0 Å². The molecule has 0 radical (unpaired) electrons. The van der Waals surface area contributed by atoms with Crippen molar-refractivity contribution in [1.82, 2.24) is 4.90 Å². The van der Waals surface area contributed by atoms with Gasteiger partial charge in [0.2, 0.25) is 0 Å². The van der Waals surface area contributed by atoms with Gasteiger partial charge in [0.25, 0.3) is 0 Å². The maximum absolute atomic E-state index is 14.2. The van der Waals surface area contributed by atoms with Crippen molar-refractivity contribution in [1.29, 1.82) is 0 Å². The number of carbonyl (C=O) groups excluding carboxylic acids is 1. The normalized spacial score (nSPS) is 45.9. The van der Waals surface area contributed by atoms with Crippen LogP contribution in [0.15, 0.2) is 12.2 Å². The van der Waals surface area contributed by atoms with Crippen molar-refractivity contribution in [3.05, 3.63) is 12.2 Å². The fraction of sp³-hybridized carbons (Fsp3) is 0.921. The van der Waals surface area contributed by atoms with Crippen LogP contribution in [0.2, 0.25) is 0 Å². The highest BCUT2D eigenvalue weighted by Crippen LogP contribution is 2.77. The van der Waals surface area contributed by atoms with Crippen molar-refractivity contribution in [2.45, 2.75) is 139 Å². The third kappa shape index (κ3) is 4.69. The Kier molecular flexibility index (Phi) is 8.90. The van der Waals surface area contributed by atoms with Gasteiger partial charge in [-0.1, -0.05) is 60.6 Å². The summed E-state index contributed by atoms with van der Waals surface area (Å²) in [7, 11) is 0. The predicted octanol–water partition coefficient (Wildman–Crippen LogP) is 8.67. The molecule has 0 aromatic rings. The number of aliphatic hydroxyl groups is 1. The zero-order valence-corrected chi connectivity index (χ0v) is 28.7. The molecule has 5 saturated carbocycles. The molecule has 0 aromatic carbocycles. The van der Waals surface area contributed by atoms with Gasteiger partial charge in [-0.2, -0.15) is 0 Å². The Bertz CT molecular complexity index is 1020. The first-order valence-corrected chi connectivity index (χ1v) is 18.0. The van der Waals surface area contributed by atoms with Crippen LogP contribution in [0.4, 0.5) is 0 Å². The molecule has 240 valence electrons. The van der Waals surface area contributed by atoms with Crippen LogP contribution in [0.1, 0.15) is 132 Å². The minimum Gasteiger partial charge on any atom is -0.465 e. The van der Waals surface area contributed by atoms with Crippen molar-refractivity contribution >= 4 is 5.97 Å². The number of unbranched alkanes of at least 4 members (excludes halogenated alkanes) is 1. The molecule has 0 amide bonds. The van der Waals surface area contributed by atoms with E-state index in [2.05, 4.69) is 66.9 Å². The van der Waals surface area contributed by atoms with Crippen LogP contribution < -0.4 is 0 Å². The van der Waals surface area contributed by atoms with Gasteiger partial charge in [-0.05, 0) is 155 Å². The van der Waals surface area contributed by atoms with Gasteiger partial charge < -0.3 is 14.7 Å². The first kappa shape index (κ1) is 32.5. The van der Waals surface area contributed by atoms with Gasteiger partial charge in [-0.25, -0.2) is 0 Å². The molecule has 5 fully saturated rings. The molecule has 5 aliphatic carbocycles. The number of esters is 1. The predicted molar refractivity (Wildman–Crippen MR) is 173 cm³/mol. The van der Waals surface area contributed by atoms with Crippen molar-refractivity contribution in [2.75, 3.05) is 26.2 Å². The van der Waals surface area contributed by atoms with Crippen molar-refractivity contribution in [2.24, 2.45) is 56.7 Å². The number of carbonyl (C=O) groups is 1. The van der Waals surface area contributed by atoms with E-state index in [0.717, 1.165) is 71.0 Å². The van der Waals surface area contributed by atoms with E-state index < -0.39 is 0 Å². The molecular formula is C38H65NO3. The van der Waals surface area contributed by atoms with Crippen molar-refractivity contribution in [3.8, 4) is 0 Å². The van der Waals surface area contributed by atoms with Gasteiger partial charge in [0.05, 0.1) is 18.1 Å². The largest absolute Gasteiger partial charge is 0.465 e. The third-order valence-electron chi connectivity index (χ3n) is 15.4. The average Bonchev–Trinajstić information content (AvgIpc) is 3.35. The number of ether oxygens (including phenoxy) is 1. The second-order valence-electron chi connectivity index (χ2n) is 17.1. The number of aliphatic hydroxyl groups excluding tert-OH is 1. The van der Waals surface area contributed by atoms with E-state index in [9.17, 15) is 9.90 Å². The van der Waals surface area contributed by atoms with E-state index in [1.54, 1.807) is 0 Å². The van der Waals surface area contributed by atoms with E-state index in [-0.39, 0.29) is 39.1 Å². The van der Waals surface area contributed by atoms with E-state index in [1.165, 1.54) is 31.3 Å². The first-order chi connectivity index (χ1) is 19.7. The molecule has 0 bridgehead atoms. The van der Waals surface area contributed by atoms with Gasteiger partial charge in [0.15, 0.2) is 0 Å². The minimum absolute atomic E-state index is 0.0145. The van der Waals surface area contributed by atoms with E-state index in [4.69, 9.17) is 4.74 Å². The summed E-state index contributed by atoms with van der Waals surface area (Å²) in [5.41, 5.74) is 1.71. The highest BCUT2D eigenvalue weighted by Gasteiger charge is 2.72. The molecule has 0 heterocycles. The van der Waals surface area contributed by atoms with Crippen LogP contribution in [0.3, 0.4) is 0 Å². The third-order valence-corrected chi connectivity index (χ3v) is 15.4. The standard InChI is InChI=1S/C38H65NO3/c1-10-39(11-2)24-12-13-25-42-33(41)38-21-16-27(26(3)4)32(38)28-14-15-30-35(7)19-18-31(40)34(5,6)29(35)17-20-37(30,9)36(28,8)22-23-38/h27-32,40H,3,10-25H2,1-2,4-9H3. The summed E-state index contributed by atoms with van der Waals surface area (Å²) < 4.78 is 6.22. The first-order valence-electron chi connectivity index (χ1n) is 18.0. The van der Waals surface area contributed by atoms with Crippen molar-refractivity contribution < 1.29 is 14.6 Å².